The third-order valence-electron chi connectivity index (χ3n) is 3.24. The van der Waals surface area contributed by atoms with Gasteiger partial charge in [0.15, 0.2) is 0 Å². The van der Waals surface area contributed by atoms with E-state index >= 15 is 0 Å². The van der Waals surface area contributed by atoms with Gasteiger partial charge in [-0.25, -0.2) is 4.98 Å². The molecule has 0 unspecified atom stereocenters. The van der Waals surface area contributed by atoms with Crippen LogP contribution in [0.5, 0.6) is 0 Å². The number of hydrogen-bond donors (Lipinski definition) is 2. The molecule has 0 saturated carbocycles. The standard InChI is InChI=1S/C16H15N3O2/c17-16(20)13-10-15(18-8-7-11-4-3-9-21-11)19-14-6-2-1-5-12(13)14/h1-6,9-10H,7-8H2,(H2,17,20)(H,18,19). The van der Waals surface area contributed by atoms with Gasteiger partial charge in [-0.2, -0.15) is 0 Å². The molecule has 0 saturated heterocycles. The van der Waals surface area contributed by atoms with Gasteiger partial charge in [-0.1, -0.05) is 18.2 Å². The van der Waals surface area contributed by atoms with E-state index in [1.165, 1.54) is 0 Å². The van der Waals surface area contributed by atoms with E-state index in [9.17, 15) is 4.79 Å². The van der Waals surface area contributed by atoms with Crippen LogP contribution in [0.3, 0.4) is 0 Å². The number of para-hydroxylation sites is 1. The topological polar surface area (TPSA) is 81.2 Å². The number of anilines is 1. The molecule has 0 radical (unpaired) electrons. The lowest BCUT2D eigenvalue weighted by molar-refractivity contribution is 0.100. The Morgan fingerprint density at radius 1 is 1.24 bits per heavy atom. The second kappa shape index (κ2) is 5.66. The van der Waals surface area contributed by atoms with Gasteiger partial charge in [-0.15, -0.1) is 0 Å². The number of primary amides is 1. The smallest absolute Gasteiger partial charge is 0.249 e. The number of aromatic nitrogens is 1. The molecule has 1 amide bonds. The molecule has 5 heteroatoms. The number of rotatable bonds is 5. The summed E-state index contributed by atoms with van der Waals surface area (Å²) in [6.07, 6.45) is 2.39. The largest absolute Gasteiger partial charge is 0.469 e. The highest BCUT2D eigenvalue weighted by Crippen LogP contribution is 2.20. The average molecular weight is 281 g/mol. The maximum Gasteiger partial charge on any atom is 0.249 e. The summed E-state index contributed by atoms with van der Waals surface area (Å²) in [6.45, 7) is 0.664. The summed E-state index contributed by atoms with van der Waals surface area (Å²) < 4.78 is 5.27. The molecule has 0 atom stereocenters. The van der Waals surface area contributed by atoms with Gasteiger partial charge in [0.2, 0.25) is 5.91 Å². The average Bonchev–Trinajstić information content (AvgIpc) is 2.99. The zero-order valence-corrected chi connectivity index (χ0v) is 11.4. The van der Waals surface area contributed by atoms with Crippen molar-refractivity contribution in [3.8, 4) is 0 Å². The van der Waals surface area contributed by atoms with Crippen LogP contribution >= 0.6 is 0 Å². The minimum absolute atomic E-state index is 0.456. The molecule has 3 N–H and O–H groups in total. The third kappa shape index (κ3) is 2.86. The van der Waals surface area contributed by atoms with E-state index in [0.717, 1.165) is 23.1 Å². The van der Waals surface area contributed by atoms with Gasteiger partial charge in [-0.3, -0.25) is 4.79 Å². The summed E-state index contributed by atoms with van der Waals surface area (Å²) in [5.41, 5.74) is 6.66. The fourth-order valence-corrected chi connectivity index (χ4v) is 2.24. The summed E-state index contributed by atoms with van der Waals surface area (Å²) in [7, 11) is 0. The van der Waals surface area contributed by atoms with Gasteiger partial charge in [0, 0.05) is 18.4 Å². The number of carbonyl (C=O) groups is 1. The van der Waals surface area contributed by atoms with Crippen molar-refractivity contribution in [1.82, 2.24) is 4.98 Å². The Balaban J connectivity index is 1.83. The predicted molar refractivity (Wildman–Crippen MR) is 81.2 cm³/mol. The van der Waals surface area contributed by atoms with Crippen molar-refractivity contribution < 1.29 is 9.21 Å². The zero-order chi connectivity index (χ0) is 14.7. The van der Waals surface area contributed by atoms with Crippen LogP contribution in [-0.4, -0.2) is 17.4 Å². The van der Waals surface area contributed by atoms with Crippen molar-refractivity contribution in [3.05, 3.63) is 60.1 Å². The van der Waals surface area contributed by atoms with Gasteiger partial charge < -0.3 is 15.5 Å². The first-order valence-corrected chi connectivity index (χ1v) is 6.70. The number of pyridine rings is 1. The highest BCUT2D eigenvalue weighted by Gasteiger charge is 2.09. The molecule has 0 aliphatic carbocycles. The second-order valence-corrected chi connectivity index (χ2v) is 4.69. The molecule has 106 valence electrons. The van der Waals surface area contributed by atoms with Crippen molar-refractivity contribution in [3.63, 3.8) is 0 Å². The zero-order valence-electron chi connectivity index (χ0n) is 11.4. The molecule has 3 rings (SSSR count). The van der Waals surface area contributed by atoms with Crippen molar-refractivity contribution in [2.24, 2.45) is 5.73 Å². The molecule has 5 nitrogen and oxygen atoms in total. The SMILES string of the molecule is NC(=O)c1cc(NCCc2ccco2)nc2ccccc12. The molecule has 2 heterocycles. The Morgan fingerprint density at radius 3 is 2.86 bits per heavy atom. The van der Waals surface area contributed by atoms with Gasteiger partial charge in [-0.05, 0) is 24.3 Å². The normalized spacial score (nSPS) is 10.7. The molecular formula is C16H15N3O2. The Hall–Kier alpha value is -2.82. The number of hydrogen-bond acceptors (Lipinski definition) is 4. The van der Waals surface area contributed by atoms with Gasteiger partial charge in [0.05, 0.1) is 17.3 Å². The summed E-state index contributed by atoms with van der Waals surface area (Å²) >= 11 is 0. The maximum atomic E-state index is 11.6. The molecule has 0 spiro atoms. The van der Waals surface area contributed by atoms with Crippen LogP contribution in [0.1, 0.15) is 16.1 Å². The number of benzene rings is 1. The first-order valence-electron chi connectivity index (χ1n) is 6.70. The molecule has 1 aromatic carbocycles. The maximum absolute atomic E-state index is 11.6. The molecule has 3 aromatic rings. The van der Waals surface area contributed by atoms with Crippen molar-refractivity contribution in [1.29, 1.82) is 0 Å². The van der Waals surface area contributed by atoms with Gasteiger partial charge in [0.25, 0.3) is 0 Å². The number of nitrogens with zero attached hydrogens (tertiary/aromatic N) is 1. The number of amides is 1. The van der Waals surface area contributed by atoms with Crippen LogP contribution in [0.4, 0.5) is 5.82 Å². The number of carbonyl (C=O) groups excluding carboxylic acids is 1. The first kappa shape index (κ1) is 13.2. The number of nitrogens with one attached hydrogen (secondary N) is 1. The lowest BCUT2D eigenvalue weighted by atomic mass is 10.1. The summed E-state index contributed by atoms with van der Waals surface area (Å²) in [4.78, 5) is 16.1. The van der Waals surface area contributed by atoms with Crippen LogP contribution in [-0.2, 0) is 6.42 Å². The van der Waals surface area contributed by atoms with Gasteiger partial charge in [0.1, 0.15) is 11.6 Å². The minimum atomic E-state index is -0.456. The number of furan rings is 1. The highest BCUT2D eigenvalue weighted by atomic mass is 16.3. The lowest BCUT2D eigenvalue weighted by Crippen LogP contribution is -2.13. The molecule has 21 heavy (non-hydrogen) atoms. The van der Waals surface area contributed by atoms with E-state index < -0.39 is 5.91 Å². The van der Waals surface area contributed by atoms with Crippen LogP contribution in [0.2, 0.25) is 0 Å². The van der Waals surface area contributed by atoms with E-state index in [4.69, 9.17) is 10.2 Å². The Bertz CT molecular complexity index is 766. The van der Waals surface area contributed by atoms with Gasteiger partial charge >= 0.3 is 0 Å². The molecule has 0 fully saturated rings. The quantitative estimate of drug-likeness (QED) is 0.753. The fourth-order valence-electron chi connectivity index (χ4n) is 2.24. The van der Waals surface area contributed by atoms with E-state index in [0.29, 0.717) is 17.9 Å². The second-order valence-electron chi connectivity index (χ2n) is 4.69. The van der Waals surface area contributed by atoms with Crippen molar-refractivity contribution in [2.75, 3.05) is 11.9 Å². The van der Waals surface area contributed by atoms with Crippen LogP contribution in [0, 0.1) is 0 Å². The molecule has 2 aromatic heterocycles. The minimum Gasteiger partial charge on any atom is -0.469 e. The fraction of sp³-hybridized carbons (Fsp3) is 0.125. The number of fused-ring (bicyclic) bond motifs is 1. The first-order chi connectivity index (χ1) is 10.2. The summed E-state index contributed by atoms with van der Waals surface area (Å²) in [5, 5.41) is 3.96. The van der Waals surface area contributed by atoms with E-state index in [1.54, 1.807) is 12.3 Å². The Labute approximate surface area is 121 Å². The van der Waals surface area contributed by atoms with E-state index in [1.807, 2.05) is 36.4 Å². The Morgan fingerprint density at radius 2 is 2.10 bits per heavy atom. The predicted octanol–water partition coefficient (Wildman–Crippen LogP) is 2.58. The summed E-state index contributed by atoms with van der Waals surface area (Å²) in [5.74, 6) is 1.08. The van der Waals surface area contributed by atoms with Crippen LogP contribution in [0.15, 0.2) is 53.1 Å². The molecule has 0 aliphatic rings. The molecule has 0 bridgehead atoms. The Kier molecular flexibility index (Phi) is 3.55. The van der Waals surface area contributed by atoms with E-state index in [-0.39, 0.29) is 0 Å². The van der Waals surface area contributed by atoms with Crippen LogP contribution < -0.4 is 11.1 Å². The van der Waals surface area contributed by atoms with E-state index in [2.05, 4.69) is 10.3 Å². The van der Waals surface area contributed by atoms with Crippen molar-refractivity contribution in [2.45, 2.75) is 6.42 Å². The monoisotopic (exact) mass is 281 g/mol. The highest BCUT2D eigenvalue weighted by molar-refractivity contribution is 6.06. The lowest BCUT2D eigenvalue weighted by Gasteiger charge is -2.09. The van der Waals surface area contributed by atoms with Crippen LogP contribution in [0.25, 0.3) is 10.9 Å². The third-order valence-corrected chi connectivity index (χ3v) is 3.24. The summed E-state index contributed by atoms with van der Waals surface area (Å²) in [6, 6.07) is 12.9. The molecular weight excluding hydrogens is 266 g/mol. The molecule has 0 aliphatic heterocycles. The van der Waals surface area contributed by atoms with Crippen molar-refractivity contribution >= 4 is 22.6 Å². The number of nitrogens with two attached hydrogens (primary N) is 1.